The summed E-state index contributed by atoms with van der Waals surface area (Å²) < 4.78 is 0. The number of anilines is 2. The molecular formula is C12H16Cl2N4O. The van der Waals surface area contributed by atoms with E-state index in [2.05, 4.69) is 10.3 Å². The van der Waals surface area contributed by atoms with Crippen LogP contribution in [0.4, 0.5) is 11.6 Å². The standard InChI is InChI=1S/C12H16Cl2N4O/c1-16-11-8(13)5-9(14)12(17-11)18-4-2-3-7(6-18)10(15)19/h5,7H,2-4,6H2,1H3,(H2,15,19)(H,16,17). The van der Waals surface area contributed by atoms with Crippen molar-refractivity contribution in [3.8, 4) is 0 Å². The molecule has 1 aliphatic heterocycles. The third kappa shape index (κ3) is 3.04. The van der Waals surface area contributed by atoms with E-state index in [1.165, 1.54) is 0 Å². The Bertz CT molecular complexity index is 495. The number of nitrogens with zero attached hydrogens (tertiary/aromatic N) is 2. The first-order valence-electron chi connectivity index (χ1n) is 6.11. The fourth-order valence-corrected chi connectivity index (χ4v) is 2.83. The zero-order valence-corrected chi connectivity index (χ0v) is 12.1. The number of primary amides is 1. The van der Waals surface area contributed by atoms with Crippen LogP contribution in [0.2, 0.25) is 10.0 Å². The molecule has 0 spiro atoms. The number of hydrogen-bond donors (Lipinski definition) is 2. The molecule has 1 fully saturated rings. The molecule has 0 bridgehead atoms. The van der Waals surface area contributed by atoms with Crippen molar-refractivity contribution in [3.63, 3.8) is 0 Å². The van der Waals surface area contributed by atoms with Crippen LogP contribution in [-0.2, 0) is 4.79 Å². The van der Waals surface area contributed by atoms with Gasteiger partial charge in [-0.25, -0.2) is 4.98 Å². The third-order valence-corrected chi connectivity index (χ3v) is 3.84. The molecule has 7 heteroatoms. The lowest BCUT2D eigenvalue weighted by Crippen LogP contribution is -2.41. The molecule has 1 saturated heterocycles. The summed E-state index contributed by atoms with van der Waals surface area (Å²) in [7, 11) is 1.74. The van der Waals surface area contributed by atoms with Crippen molar-refractivity contribution in [3.05, 3.63) is 16.1 Å². The summed E-state index contributed by atoms with van der Waals surface area (Å²) in [4.78, 5) is 17.7. The summed E-state index contributed by atoms with van der Waals surface area (Å²) in [6.45, 7) is 1.36. The summed E-state index contributed by atoms with van der Waals surface area (Å²) in [5.41, 5.74) is 5.37. The number of pyridine rings is 1. The monoisotopic (exact) mass is 302 g/mol. The number of nitrogens with one attached hydrogen (secondary N) is 1. The van der Waals surface area contributed by atoms with Crippen molar-refractivity contribution in [2.45, 2.75) is 12.8 Å². The van der Waals surface area contributed by atoms with Crippen molar-refractivity contribution >= 4 is 40.7 Å². The Balaban J connectivity index is 2.28. The molecule has 0 radical (unpaired) electrons. The van der Waals surface area contributed by atoms with Gasteiger partial charge < -0.3 is 16.0 Å². The minimum atomic E-state index is -0.274. The zero-order chi connectivity index (χ0) is 14.0. The maximum Gasteiger partial charge on any atom is 0.222 e. The molecule has 2 heterocycles. The van der Waals surface area contributed by atoms with Gasteiger partial charge in [-0.05, 0) is 18.9 Å². The van der Waals surface area contributed by atoms with Gasteiger partial charge in [-0.3, -0.25) is 4.79 Å². The number of rotatable bonds is 3. The Labute approximate surface area is 122 Å². The molecule has 1 unspecified atom stereocenters. The predicted molar refractivity (Wildman–Crippen MR) is 77.9 cm³/mol. The Hall–Kier alpha value is -1.20. The van der Waals surface area contributed by atoms with Crippen LogP contribution in [0.3, 0.4) is 0 Å². The van der Waals surface area contributed by atoms with E-state index in [9.17, 15) is 4.79 Å². The van der Waals surface area contributed by atoms with Crippen molar-refractivity contribution in [2.75, 3.05) is 30.4 Å². The molecule has 19 heavy (non-hydrogen) atoms. The molecule has 1 aromatic rings. The van der Waals surface area contributed by atoms with Gasteiger partial charge in [-0.2, -0.15) is 0 Å². The summed E-state index contributed by atoms with van der Waals surface area (Å²) in [6, 6.07) is 1.66. The number of hydrogen-bond acceptors (Lipinski definition) is 4. The Kier molecular flexibility index (Phi) is 4.37. The van der Waals surface area contributed by atoms with Crippen molar-refractivity contribution in [1.29, 1.82) is 0 Å². The SMILES string of the molecule is CNc1nc(N2CCCC(C(N)=O)C2)c(Cl)cc1Cl. The van der Waals surface area contributed by atoms with Crippen LogP contribution in [0.5, 0.6) is 0 Å². The number of halogens is 2. The van der Waals surface area contributed by atoms with E-state index in [4.69, 9.17) is 28.9 Å². The van der Waals surface area contributed by atoms with E-state index in [1.807, 2.05) is 4.90 Å². The molecule has 3 N–H and O–H groups in total. The van der Waals surface area contributed by atoms with Gasteiger partial charge in [-0.15, -0.1) is 0 Å². The first kappa shape index (κ1) is 14.2. The molecular weight excluding hydrogens is 287 g/mol. The molecule has 1 amide bonds. The van der Waals surface area contributed by atoms with Crippen LogP contribution in [-0.4, -0.2) is 31.0 Å². The fraction of sp³-hybridized carbons (Fsp3) is 0.500. The van der Waals surface area contributed by atoms with Gasteiger partial charge in [0.1, 0.15) is 11.6 Å². The highest BCUT2D eigenvalue weighted by Crippen LogP contribution is 2.33. The lowest BCUT2D eigenvalue weighted by Gasteiger charge is -2.32. The van der Waals surface area contributed by atoms with E-state index >= 15 is 0 Å². The van der Waals surface area contributed by atoms with Crippen molar-refractivity contribution in [2.24, 2.45) is 11.7 Å². The smallest absolute Gasteiger partial charge is 0.222 e. The second-order valence-electron chi connectivity index (χ2n) is 4.56. The van der Waals surface area contributed by atoms with Gasteiger partial charge in [0.15, 0.2) is 0 Å². The number of nitrogens with two attached hydrogens (primary N) is 1. The van der Waals surface area contributed by atoms with Gasteiger partial charge in [0.05, 0.1) is 16.0 Å². The largest absolute Gasteiger partial charge is 0.372 e. The quantitative estimate of drug-likeness (QED) is 0.897. The Morgan fingerprint density at radius 2 is 2.26 bits per heavy atom. The Morgan fingerprint density at radius 3 is 2.89 bits per heavy atom. The van der Waals surface area contributed by atoms with Crippen LogP contribution in [0.15, 0.2) is 6.07 Å². The molecule has 0 aromatic carbocycles. The highest BCUT2D eigenvalue weighted by molar-refractivity contribution is 6.37. The summed E-state index contributed by atoms with van der Waals surface area (Å²) in [5.74, 6) is 0.785. The van der Waals surface area contributed by atoms with Crippen LogP contribution in [0.1, 0.15) is 12.8 Å². The van der Waals surface area contributed by atoms with Crippen molar-refractivity contribution < 1.29 is 4.79 Å². The molecule has 1 aliphatic rings. The number of piperidine rings is 1. The van der Waals surface area contributed by atoms with Gasteiger partial charge in [0, 0.05) is 20.1 Å². The number of carbonyl (C=O) groups is 1. The number of carbonyl (C=O) groups excluding carboxylic acids is 1. The lowest BCUT2D eigenvalue weighted by atomic mass is 9.97. The molecule has 1 atom stereocenters. The van der Waals surface area contributed by atoms with Crippen LogP contribution in [0, 0.1) is 5.92 Å². The molecule has 104 valence electrons. The highest BCUT2D eigenvalue weighted by atomic mass is 35.5. The van der Waals surface area contributed by atoms with Gasteiger partial charge >= 0.3 is 0 Å². The Morgan fingerprint density at radius 1 is 1.53 bits per heavy atom. The first-order valence-corrected chi connectivity index (χ1v) is 6.86. The topological polar surface area (TPSA) is 71.2 Å². The zero-order valence-electron chi connectivity index (χ0n) is 10.6. The average molecular weight is 303 g/mol. The highest BCUT2D eigenvalue weighted by Gasteiger charge is 2.26. The van der Waals surface area contributed by atoms with Gasteiger partial charge in [0.2, 0.25) is 5.91 Å². The van der Waals surface area contributed by atoms with E-state index in [0.717, 1.165) is 19.4 Å². The van der Waals surface area contributed by atoms with Crippen LogP contribution >= 0.6 is 23.2 Å². The minimum Gasteiger partial charge on any atom is -0.372 e. The van der Waals surface area contributed by atoms with Gasteiger partial charge in [-0.1, -0.05) is 23.2 Å². The summed E-state index contributed by atoms with van der Waals surface area (Å²) >= 11 is 12.2. The second kappa shape index (κ2) is 5.84. The minimum absolute atomic E-state index is 0.152. The van der Waals surface area contributed by atoms with Gasteiger partial charge in [0.25, 0.3) is 0 Å². The van der Waals surface area contributed by atoms with E-state index in [-0.39, 0.29) is 11.8 Å². The number of amides is 1. The average Bonchev–Trinajstić information content (AvgIpc) is 2.39. The normalized spacial score (nSPS) is 19.3. The molecule has 0 saturated carbocycles. The molecule has 5 nitrogen and oxygen atoms in total. The van der Waals surface area contributed by atoms with Crippen LogP contribution in [0.25, 0.3) is 0 Å². The molecule has 1 aromatic heterocycles. The number of aromatic nitrogens is 1. The summed E-state index contributed by atoms with van der Waals surface area (Å²) in [5, 5.41) is 3.87. The lowest BCUT2D eigenvalue weighted by molar-refractivity contribution is -0.122. The summed E-state index contributed by atoms with van der Waals surface area (Å²) in [6.07, 6.45) is 1.71. The van der Waals surface area contributed by atoms with E-state index in [1.54, 1.807) is 13.1 Å². The molecule has 0 aliphatic carbocycles. The maximum absolute atomic E-state index is 11.3. The predicted octanol–water partition coefficient (Wildman–Crippen LogP) is 2.13. The third-order valence-electron chi connectivity index (χ3n) is 3.27. The second-order valence-corrected chi connectivity index (χ2v) is 5.38. The molecule has 2 rings (SSSR count). The maximum atomic E-state index is 11.3. The first-order chi connectivity index (χ1) is 9.02. The fourth-order valence-electron chi connectivity index (χ4n) is 2.26. The van der Waals surface area contributed by atoms with E-state index < -0.39 is 0 Å². The van der Waals surface area contributed by atoms with E-state index in [0.29, 0.717) is 28.2 Å². The van der Waals surface area contributed by atoms with Crippen molar-refractivity contribution in [1.82, 2.24) is 4.98 Å². The van der Waals surface area contributed by atoms with Crippen LogP contribution < -0.4 is 16.0 Å².